The number of benzene rings is 6. The second-order valence-corrected chi connectivity index (χ2v) is 13.3. The lowest BCUT2D eigenvalue weighted by Crippen LogP contribution is -2.06. The summed E-state index contributed by atoms with van der Waals surface area (Å²) in [6.45, 7) is 11.0. The van der Waals surface area contributed by atoms with E-state index in [1.165, 1.54) is 43.9 Å². The quantitative estimate of drug-likeness (QED) is 0.184. The first-order chi connectivity index (χ1) is 23.4. The lowest BCUT2D eigenvalue weighted by atomic mass is 9.89. The van der Waals surface area contributed by atoms with Crippen molar-refractivity contribution >= 4 is 54.6 Å². The van der Waals surface area contributed by atoms with Crippen LogP contribution in [0.25, 0.3) is 83.0 Å². The molecule has 0 saturated heterocycles. The van der Waals surface area contributed by atoms with Gasteiger partial charge in [0.15, 0.2) is 0 Å². The van der Waals surface area contributed by atoms with E-state index in [0.29, 0.717) is 5.71 Å². The van der Waals surface area contributed by atoms with Crippen LogP contribution >= 0.6 is 0 Å². The molecule has 0 amide bonds. The summed E-state index contributed by atoms with van der Waals surface area (Å²) in [7, 11) is 0. The summed E-state index contributed by atoms with van der Waals surface area (Å²) in [6, 6.07) is 41.1. The number of fused-ring (bicyclic) bond motifs is 7. The number of pyridine rings is 1. The van der Waals surface area contributed by atoms with Crippen molar-refractivity contribution in [2.45, 2.75) is 40.5 Å². The monoisotopic (exact) mass is 621 g/mol. The lowest BCUT2D eigenvalue weighted by Gasteiger charge is -2.22. The van der Waals surface area contributed by atoms with Gasteiger partial charge in [-0.3, -0.25) is 4.57 Å². The third-order valence-electron chi connectivity index (χ3n) is 9.98. The van der Waals surface area contributed by atoms with Crippen LogP contribution in [0.3, 0.4) is 0 Å². The van der Waals surface area contributed by atoms with Crippen LogP contribution in [-0.4, -0.2) is 14.5 Å². The Morgan fingerprint density at radius 2 is 1.25 bits per heavy atom. The number of hydrogen-bond acceptors (Lipinski definition) is 3. The molecule has 0 unspecified atom stereocenters. The average Bonchev–Trinajstić information content (AvgIpc) is 3.67. The Balaban J connectivity index is 1.40. The molecule has 9 rings (SSSR count). The van der Waals surface area contributed by atoms with Gasteiger partial charge in [-0.1, -0.05) is 98.8 Å². The average molecular weight is 622 g/mol. The van der Waals surface area contributed by atoms with Gasteiger partial charge >= 0.3 is 0 Å². The summed E-state index contributed by atoms with van der Waals surface area (Å²) in [5, 5.41) is 7.07. The summed E-state index contributed by atoms with van der Waals surface area (Å²) in [6.07, 6.45) is 0. The van der Waals surface area contributed by atoms with Crippen LogP contribution < -0.4 is 0 Å². The summed E-state index contributed by atoms with van der Waals surface area (Å²) >= 11 is 0. The molecule has 0 aliphatic heterocycles. The zero-order valence-corrected chi connectivity index (χ0v) is 27.8. The maximum Gasteiger partial charge on any atom is 0.227 e. The molecule has 0 N–H and O–H groups in total. The molecule has 0 saturated carbocycles. The van der Waals surface area contributed by atoms with Gasteiger partial charge in [-0.15, -0.1) is 0 Å². The Kier molecular flexibility index (Phi) is 6.32. The first-order valence-corrected chi connectivity index (χ1v) is 16.7. The maximum atomic E-state index is 6.82. The zero-order chi connectivity index (χ0) is 32.7. The topological polar surface area (TPSA) is 43.9 Å². The van der Waals surface area contributed by atoms with Crippen LogP contribution in [0, 0.1) is 20.8 Å². The van der Waals surface area contributed by atoms with Crippen LogP contribution in [0.4, 0.5) is 0 Å². The molecule has 0 atom stereocenters. The van der Waals surface area contributed by atoms with Gasteiger partial charge in [-0.05, 0) is 95.4 Å². The zero-order valence-electron chi connectivity index (χ0n) is 27.8. The van der Waals surface area contributed by atoms with E-state index >= 15 is 0 Å². The maximum absolute atomic E-state index is 6.82. The van der Waals surface area contributed by atoms with Crippen molar-refractivity contribution in [3.8, 4) is 28.3 Å². The molecule has 0 radical (unpaired) electrons. The van der Waals surface area contributed by atoms with E-state index < -0.39 is 0 Å². The van der Waals surface area contributed by atoms with Gasteiger partial charge < -0.3 is 4.42 Å². The fraction of sp³-hybridized carbons (Fsp3) is 0.136. The number of furan rings is 1. The van der Waals surface area contributed by atoms with Gasteiger partial charge in [-0.25, -0.2) is 9.97 Å². The van der Waals surface area contributed by atoms with Crippen molar-refractivity contribution in [1.82, 2.24) is 14.5 Å². The summed E-state index contributed by atoms with van der Waals surface area (Å²) in [4.78, 5) is 10.5. The van der Waals surface area contributed by atoms with Gasteiger partial charge in [0.25, 0.3) is 0 Å². The van der Waals surface area contributed by atoms with E-state index in [2.05, 4.69) is 154 Å². The molecule has 0 spiro atoms. The minimum absolute atomic E-state index is 0.264. The molecule has 232 valence electrons. The molecular formula is C44H35N3O. The van der Waals surface area contributed by atoms with Crippen LogP contribution in [-0.2, 0) is 0 Å². The van der Waals surface area contributed by atoms with Crippen molar-refractivity contribution in [3.05, 3.63) is 138 Å². The molecule has 9 aromatic rings. The second kappa shape index (κ2) is 10.6. The molecular weight excluding hydrogens is 587 g/mol. The lowest BCUT2D eigenvalue weighted by molar-refractivity contribution is 0.655. The van der Waals surface area contributed by atoms with E-state index in [9.17, 15) is 0 Å². The summed E-state index contributed by atoms with van der Waals surface area (Å²) in [5.74, 6) is 1.12. The minimum Gasteiger partial charge on any atom is -0.437 e. The summed E-state index contributed by atoms with van der Waals surface area (Å²) in [5.41, 5.74) is 12.5. The SMILES string of the molecule is Cc1cccc(C)c1-c1ccc2c(n1)oc1c(-c3nc4ccccc4n3-c3c(C(C)C)c4ccccc4c4ccccc34)ccc(C)c12. The van der Waals surface area contributed by atoms with Gasteiger partial charge in [0.2, 0.25) is 5.71 Å². The van der Waals surface area contributed by atoms with E-state index in [1.54, 1.807) is 0 Å². The van der Waals surface area contributed by atoms with E-state index in [1.807, 2.05) is 0 Å². The molecule has 6 aromatic carbocycles. The van der Waals surface area contributed by atoms with Gasteiger partial charge in [0.1, 0.15) is 11.4 Å². The highest BCUT2D eigenvalue weighted by Gasteiger charge is 2.26. The predicted octanol–water partition coefficient (Wildman–Crippen LogP) is 12.0. The Morgan fingerprint density at radius 3 is 2.00 bits per heavy atom. The highest BCUT2D eigenvalue weighted by molar-refractivity contribution is 6.15. The Labute approximate surface area is 279 Å². The summed E-state index contributed by atoms with van der Waals surface area (Å²) < 4.78 is 9.20. The van der Waals surface area contributed by atoms with Crippen LogP contribution in [0.1, 0.15) is 42.0 Å². The normalized spacial score (nSPS) is 12.0. The van der Waals surface area contributed by atoms with Gasteiger partial charge in [0.05, 0.1) is 28.0 Å². The number of hydrogen-bond donors (Lipinski definition) is 0. The molecule has 3 aromatic heterocycles. The second-order valence-electron chi connectivity index (χ2n) is 13.3. The molecule has 4 nitrogen and oxygen atoms in total. The molecule has 48 heavy (non-hydrogen) atoms. The highest BCUT2D eigenvalue weighted by atomic mass is 16.3. The van der Waals surface area contributed by atoms with Crippen molar-refractivity contribution in [1.29, 1.82) is 0 Å². The van der Waals surface area contributed by atoms with E-state index in [-0.39, 0.29) is 5.92 Å². The predicted molar refractivity (Wildman–Crippen MR) is 200 cm³/mol. The number of rotatable bonds is 4. The minimum atomic E-state index is 0.264. The van der Waals surface area contributed by atoms with Crippen LogP contribution in [0.15, 0.2) is 120 Å². The highest BCUT2D eigenvalue weighted by Crippen LogP contribution is 2.44. The van der Waals surface area contributed by atoms with Crippen molar-refractivity contribution in [3.63, 3.8) is 0 Å². The number of nitrogens with zero attached hydrogens (tertiary/aromatic N) is 3. The largest absolute Gasteiger partial charge is 0.437 e. The Hall–Kier alpha value is -5.74. The number of para-hydroxylation sites is 2. The Morgan fingerprint density at radius 1 is 0.583 bits per heavy atom. The third kappa shape index (κ3) is 4.08. The fourth-order valence-electron chi connectivity index (χ4n) is 7.87. The first kappa shape index (κ1) is 28.5. The van der Waals surface area contributed by atoms with Crippen LogP contribution in [0.5, 0.6) is 0 Å². The van der Waals surface area contributed by atoms with E-state index in [0.717, 1.165) is 55.6 Å². The van der Waals surface area contributed by atoms with Gasteiger partial charge in [-0.2, -0.15) is 0 Å². The molecule has 0 aliphatic carbocycles. The molecule has 4 heteroatoms. The van der Waals surface area contributed by atoms with Gasteiger partial charge in [0, 0.05) is 21.7 Å². The number of aryl methyl sites for hydroxylation is 3. The first-order valence-electron chi connectivity index (χ1n) is 16.7. The van der Waals surface area contributed by atoms with Crippen molar-refractivity contribution in [2.24, 2.45) is 0 Å². The molecule has 3 heterocycles. The smallest absolute Gasteiger partial charge is 0.227 e. The molecule has 0 aliphatic rings. The standard InChI is InChI=1S/C44H35N3O/c1-25(2)38-31-17-8-6-15-29(31)30-16-7-9-18-32(30)41(38)47-37-20-11-10-19-35(37)45-43(47)34-22-21-28(5)40-33-23-24-36(46-44(33)48-42(34)40)39-26(3)13-12-14-27(39)4/h6-25H,1-5H3. The molecule has 0 bridgehead atoms. The van der Waals surface area contributed by atoms with Crippen molar-refractivity contribution in [2.75, 3.05) is 0 Å². The van der Waals surface area contributed by atoms with Crippen LogP contribution in [0.2, 0.25) is 0 Å². The third-order valence-corrected chi connectivity index (χ3v) is 9.98. The van der Waals surface area contributed by atoms with Crippen molar-refractivity contribution < 1.29 is 4.42 Å². The number of imidazole rings is 1. The van der Waals surface area contributed by atoms with E-state index in [4.69, 9.17) is 14.4 Å². The molecule has 0 fully saturated rings. The Bertz CT molecular complexity index is 2720. The fourth-order valence-corrected chi connectivity index (χ4v) is 7.87. The number of aromatic nitrogens is 3.